The van der Waals surface area contributed by atoms with Gasteiger partial charge in [0.05, 0.1) is 19.8 Å². The quantitative estimate of drug-likeness (QED) is 0.759. The van der Waals surface area contributed by atoms with Crippen LogP contribution in [0.1, 0.15) is 37.0 Å². The summed E-state index contributed by atoms with van der Waals surface area (Å²) in [6.07, 6.45) is 2.88. The fraction of sp³-hybridized carbons (Fsp3) is 0.619. The molecule has 1 aromatic heterocycles. The molecule has 0 amide bonds. The number of hydrogen-bond donors (Lipinski definition) is 0. The second-order valence-corrected chi connectivity index (χ2v) is 7.91. The van der Waals surface area contributed by atoms with Gasteiger partial charge < -0.3 is 9.26 Å². The molecule has 2 aromatic rings. The van der Waals surface area contributed by atoms with Gasteiger partial charge in [0.15, 0.2) is 5.82 Å². The number of nitrogens with zero attached hydrogens (tertiary/aromatic N) is 4. The van der Waals surface area contributed by atoms with Crippen LogP contribution in [-0.4, -0.2) is 65.4 Å². The minimum absolute atomic E-state index is 0.240. The van der Waals surface area contributed by atoms with E-state index >= 15 is 0 Å². The summed E-state index contributed by atoms with van der Waals surface area (Å²) in [5.74, 6) is 1.75. The first-order valence-corrected chi connectivity index (χ1v) is 10.3. The van der Waals surface area contributed by atoms with Crippen LogP contribution in [0.3, 0.4) is 0 Å². The number of likely N-dealkylation sites (tertiary alicyclic amines) is 1. The zero-order valence-electron chi connectivity index (χ0n) is 16.5. The lowest BCUT2D eigenvalue weighted by atomic mass is 9.89. The lowest BCUT2D eigenvalue weighted by Crippen LogP contribution is -2.48. The summed E-state index contributed by atoms with van der Waals surface area (Å²) in [4.78, 5) is 9.45. The van der Waals surface area contributed by atoms with Crippen LogP contribution < -0.4 is 0 Å². The molecule has 28 heavy (non-hydrogen) atoms. The fourth-order valence-corrected chi connectivity index (χ4v) is 4.32. The summed E-state index contributed by atoms with van der Waals surface area (Å²) < 4.78 is 24.2. The minimum Gasteiger partial charge on any atom is -0.379 e. The van der Waals surface area contributed by atoms with E-state index in [-0.39, 0.29) is 5.82 Å². The van der Waals surface area contributed by atoms with E-state index in [1.165, 1.54) is 25.0 Å². The molecule has 0 radical (unpaired) electrons. The number of hydrogen-bond acceptors (Lipinski definition) is 6. The van der Waals surface area contributed by atoms with Crippen LogP contribution in [0.25, 0.3) is 0 Å². The van der Waals surface area contributed by atoms with E-state index in [4.69, 9.17) is 9.26 Å². The summed E-state index contributed by atoms with van der Waals surface area (Å²) in [6, 6.07) is 7.14. The number of ether oxygens (including phenoxy) is 1. The van der Waals surface area contributed by atoms with Crippen molar-refractivity contribution in [1.82, 2.24) is 19.9 Å². The predicted octanol–water partition coefficient (Wildman–Crippen LogP) is 2.73. The van der Waals surface area contributed by atoms with Crippen LogP contribution >= 0.6 is 0 Å². The van der Waals surface area contributed by atoms with Gasteiger partial charge in [0.2, 0.25) is 5.89 Å². The van der Waals surface area contributed by atoms with Gasteiger partial charge in [0.1, 0.15) is 5.82 Å². The van der Waals surface area contributed by atoms with Crippen LogP contribution in [0.4, 0.5) is 4.39 Å². The average Bonchev–Trinajstić information content (AvgIpc) is 3.15. The summed E-state index contributed by atoms with van der Waals surface area (Å²) in [5.41, 5.74) is 0.852. The van der Waals surface area contributed by atoms with E-state index in [0.29, 0.717) is 30.7 Å². The molecule has 0 aliphatic carbocycles. The van der Waals surface area contributed by atoms with Crippen molar-refractivity contribution in [2.45, 2.75) is 38.8 Å². The van der Waals surface area contributed by atoms with Gasteiger partial charge in [-0.25, -0.2) is 4.39 Å². The molecule has 2 aliphatic heterocycles. The van der Waals surface area contributed by atoms with Gasteiger partial charge in [0.25, 0.3) is 0 Å². The third-order valence-electron chi connectivity index (χ3n) is 6.06. The van der Waals surface area contributed by atoms with Crippen molar-refractivity contribution < 1.29 is 13.7 Å². The van der Waals surface area contributed by atoms with Crippen LogP contribution in [-0.2, 0) is 17.7 Å². The highest BCUT2D eigenvalue weighted by atomic mass is 19.1. The standard InChI is InChI=1S/C21H29FN4O2/c1-16(26-9-11-27-12-10-26)18-5-7-25(8-6-18)15-21-23-20(24-28-21)14-17-3-2-4-19(22)13-17/h2-4,13,16,18H,5-12,14-15H2,1H3/t16-/m1/s1. The minimum atomic E-state index is -0.240. The molecule has 2 fully saturated rings. The maximum atomic E-state index is 13.3. The lowest BCUT2D eigenvalue weighted by molar-refractivity contribution is -0.00238. The van der Waals surface area contributed by atoms with Crippen LogP contribution in [0.2, 0.25) is 0 Å². The second kappa shape index (κ2) is 9.11. The molecular weight excluding hydrogens is 359 g/mol. The molecule has 3 heterocycles. The maximum absolute atomic E-state index is 13.3. The van der Waals surface area contributed by atoms with Crippen molar-refractivity contribution in [2.75, 3.05) is 39.4 Å². The monoisotopic (exact) mass is 388 g/mol. The predicted molar refractivity (Wildman–Crippen MR) is 103 cm³/mol. The van der Waals surface area contributed by atoms with Crippen molar-refractivity contribution in [1.29, 1.82) is 0 Å². The Labute approximate surface area is 165 Å². The summed E-state index contributed by atoms with van der Waals surface area (Å²) in [5, 5.41) is 4.06. The molecule has 7 heteroatoms. The Kier molecular flexibility index (Phi) is 6.34. The number of piperidine rings is 1. The fourth-order valence-electron chi connectivity index (χ4n) is 4.32. The Bertz CT molecular complexity index is 754. The number of aromatic nitrogens is 2. The van der Waals surface area contributed by atoms with Crippen LogP contribution in [0, 0.1) is 11.7 Å². The Morgan fingerprint density at radius 3 is 2.71 bits per heavy atom. The van der Waals surface area contributed by atoms with Crippen LogP contribution in [0.5, 0.6) is 0 Å². The molecule has 0 N–H and O–H groups in total. The van der Waals surface area contributed by atoms with Gasteiger partial charge in [-0.15, -0.1) is 0 Å². The van der Waals surface area contributed by atoms with Crippen molar-refractivity contribution in [2.24, 2.45) is 5.92 Å². The Morgan fingerprint density at radius 2 is 1.96 bits per heavy atom. The number of halogens is 1. The van der Waals surface area contributed by atoms with Crippen molar-refractivity contribution >= 4 is 0 Å². The third-order valence-corrected chi connectivity index (χ3v) is 6.06. The van der Waals surface area contributed by atoms with Gasteiger partial charge in [-0.1, -0.05) is 17.3 Å². The lowest BCUT2D eigenvalue weighted by Gasteiger charge is -2.40. The zero-order chi connectivity index (χ0) is 19.3. The van der Waals surface area contributed by atoms with Gasteiger partial charge in [-0.05, 0) is 56.5 Å². The summed E-state index contributed by atoms with van der Waals surface area (Å²) >= 11 is 0. The molecule has 0 saturated carbocycles. The van der Waals surface area contributed by atoms with Crippen molar-refractivity contribution in [3.63, 3.8) is 0 Å². The zero-order valence-corrected chi connectivity index (χ0v) is 16.5. The van der Waals surface area contributed by atoms with E-state index in [9.17, 15) is 4.39 Å². The van der Waals surface area contributed by atoms with E-state index in [1.54, 1.807) is 6.07 Å². The largest absolute Gasteiger partial charge is 0.379 e. The number of rotatable bonds is 6. The molecule has 0 spiro atoms. The van der Waals surface area contributed by atoms with Crippen molar-refractivity contribution in [3.8, 4) is 0 Å². The molecule has 1 aromatic carbocycles. The third kappa shape index (κ3) is 4.96. The molecule has 0 unspecified atom stereocenters. The topological polar surface area (TPSA) is 54.6 Å². The Balaban J connectivity index is 1.25. The van der Waals surface area contributed by atoms with Gasteiger partial charge in [-0.2, -0.15) is 4.98 Å². The van der Waals surface area contributed by atoms with E-state index in [2.05, 4.69) is 26.9 Å². The first-order chi connectivity index (χ1) is 13.7. The highest BCUT2D eigenvalue weighted by Crippen LogP contribution is 2.25. The first-order valence-electron chi connectivity index (χ1n) is 10.3. The smallest absolute Gasteiger partial charge is 0.240 e. The second-order valence-electron chi connectivity index (χ2n) is 7.91. The molecule has 2 aliphatic rings. The van der Waals surface area contributed by atoms with E-state index in [0.717, 1.165) is 50.9 Å². The van der Waals surface area contributed by atoms with Crippen molar-refractivity contribution in [3.05, 3.63) is 47.4 Å². The van der Waals surface area contributed by atoms with Crippen LogP contribution in [0.15, 0.2) is 28.8 Å². The first kappa shape index (κ1) is 19.5. The Morgan fingerprint density at radius 1 is 1.18 bits per heavy atom. The number of benzene rings is 1. The van der Waals surface area contributed by atoms with Gasteiger partial charge in [0, 0.05) is 25.6 Å². The molecular formula is C21H29FN4O2. The normalized spacial score (nSPS) is 21.1. The molecule has 152 valence electrons. The van der Waals surface area contributed by atoms with Gasteiger partial charge in [-0.3, -0.25) is 9.80 Å². The summed E-state index contributed by atoms with van der Waals surface area (Å²) in [6.45, 7) is 8.99. The molecule has 6 nitrogen and oxygen atoms in total. The van der Waals surface area contributed by atoms with Gasteiger partial charge >= 0.3 is 0 Å². The molecule has 4 rings (SSSR count). The SMILES string of the molecule is C[C@H](C1CCN(Cc2nc(Cc3cccc(F)c3)no2)CC1)N1CCOCC1. The van der Waals surface area contributed by atoms with E-state index < -0.39 is 0 Å². The highest BCUT2D eigenvalue weighted by molar-refractivity contribution is 5.19. The number of morpholine rings is 1. The molecule has 1 atom stereocenters. The van der Waals surface area contributed by atoms with E-state index in [1.807, 2.05) is 6.07 Å². The summed E-state index contributed by atoms with van der Waals surface area (Å²) in [7, 11) is 0. The molecule has 0 bridgehead atoms. The Hall–Kier alpha value is -1.83. The highest BCUT2D eigenvalue weighted by Gasteiger charge is 2.29. The molecule has 2 saturated heterocycles. The maximum Gasteiger partial charge on any atom is 0.240 e. The average molecular weight is 388 g/mol.